The molecular formula is C16H11F3N2O2. The van der Waals surface area contributed by atoms with E-state index in [1.165, 1.54) is 12.3 Å². The highest BCUT2D eigenvalue weighted by Crippen LogP contribution is 2.47. The van der Waals surface area contributed by atoms with Gasteiger partial charge in [0.15, 0.2) is 5.69 Å². The Hall–Kier alpha value is -2.59. The lowest BCUT2D eigenvalue weighted by atomic mass is 10.1. The molecule has 118 valence electrons. The standard InChI is InChI=1S/C16H11F3N2O2/c1-8-7-21-15(12-6-16(18,19)14(22)13(8)12)23-11-4-9(17)3-10(5-11)20-2/h3-5,7,14,22H,6H2,1H3/t14-/m0/s1. The maximum absolute atomic E-state index is 13.8. The Kier molecular flexibility index (Phi) is 3.49. The van der Waals surface area contributed by atoms with Crippen molar-refractivity contribution in [2.75, 3.05) is 0 Å². The maximum atomic E-state index is 13.8. The van der Waals surface area contributed by atoms with E-state index in [-0.39, 0.29) is 28.4 Å². The van der Waals surface area contributed by atoms with Crippen LogP contribution in [-0.4, -0.2) is 16.0 Å². The summed E-state index contributed by atoms with van der Waals surface area (Å²) in [6.45, 7) is 8.47. The van der Waals surface area contributed by atoms with E-state index in [4.69, 9.17) is 11.3 Å². The van der Waals surface area contributed by atoms with Crippen molar-refractivity contribution < 1.29 is 23.0 Å². The molecule has 1 aliphatic rings. The van der Waals surface area contributed by atoms with E-state index in [1.54, 1.807) is 6.92 Å². The number of fused-ring (bicyclic) bond motifs is 1. The molecule has 7 heteroatoms. The number of rotatable bonds is 2. The third-order valence-corrected chi connectivity index (χ3v) is 3.67. The first-order valence-electron chi connectivity index (χ1n) is 6.72. The van der Waals surface area contributed by atoms with E-state index in [1.807, 2.05) is 0 Å². The summed E-state index contributed by atoms with van der Waals surface area (Å²) in [5.74, 6) is -4.12. The molecular weight excluding hydrogens is 309 g/mol. The van der Waals surface area contributed by atoms with Gasteiger partial charge in [-0.1, -0.05) is 0 Å². The van der Waals surface area contributed by atoms with E-state index in [2.05, 4.69) is 9.83 Å². The number of halogens is 3. The summed E-state index contributed by atoms with van der Waals surface area (Å²) in [4.78, 5) is 7.07. The van der Waals surface area contributed by atoms with Crippen molar-refractivity contribution in [1.29, 1.82) is 0 Å². The molecule has 0 bridgehead atoms. The largest absolute Gasteiger partial charge is 0.440 e. The highest BCUT2D eigenvalue weighted by Gasteiger charge is 2.49. The van der Waals surface area contributed by atoms with Gasteiger partial charge in [0.25, 0.3) is 5.92 Å². The molecule has 1 heterocycles. The predicted molar refractivity (Wildman–Crippen MR) is 75.3 cm³/mol. The number of aryl methyl sites for hydroxylation is 1. The molecule has 1 aliphatic carbocycles. The van der Waals surface area contributed by atoms with Crippen LogP contribution in [0.3, 0.4) is 0 Å². The minimum Gasteiger partial charge on any atom is -0.440 e. The van der Waals surface area contributed by atoms with Gasteiger partial charge in [0, 0.05) is 24.2 Å². The Balaban J connectivity index is 2.04. The summed E-state index contributed by atoms with van der Waals surface area (Å²) in [6.07, 6.45) is -1.32. The summed E-state index contributed by atoms with van der Waals surface area (Å²) in [7, 11) is 0. The number of ether oxygens (including phenoxy) is 1. The van der Waals surface area contributed by atoms with Crippen LogP contribution in [-0.2, 0) is 6.42 Å². The molecule has 3 rings (SSSR count). The quantitative estimate of drug-likeness (QED) is 0.848. The average molecular weight is 320 g/mol. The molecule has 1 aromatic carbocycles. The van der Waals surface area contributed by atoms with Crippen molar-refractivity contribution in [2.24, 2.45) is 0 Å². The van der Waals surface area contributed by atoms with Crippen LogP contribution in [0.15, 0.2) is 24.4 Å². The fourth-order valence-corrected chi connectivity index (χ4v) is 2.62. The second-order valence-electron chi connectivity index (χ2n) is 5.34. The Morgan fingerprint density at radius 1 is 1.39 bits per heavy atom. The van der Waals surface area contributed by atoms with Crippen LogP contribution < -0.4 is 4.74 Å². The number of hydrogen-bond acceptors (Lipinski definition) is 3. The highest BCUT2D eigenvalue weighted by atomic mass is 19.3. The molecule has 0 radical (unpaired) electrons. The smallest absolute Gasteiger partial charge is 0.281 e. The van der Waals surface area contributed by atoms with Gasteiger partial charge in [0.1, 0.15) is 17.7 Å². The normalized spacial score (nSPS) is 18.3. The third-order valence-electron chi connectivity index (χ3n) is 3.67. The Morgan fingerprint density at radius 2 is 2.13 bits per heavy atom. The number of benzene rings is 1. The summed E-state index contributed by atoms with van der Waals surface area (Å²) in [5, 5.41) is 9.77. The minimum atomic E-state index is -3.31. The fourth-order valence-electron chi connectivity index (χ4n) is 2.62. The molecule has 0 fully saturated rings. The molecule has 0 aliphatic heterocycles. The summed E-state index contributed by atoms with van der Waals surface area (Å²) >= 11 is 0. The van der Waals surface area contributed by atoms with Gasteiger partial charge in [-0.15, -0.1) is 0 Å². The van der Waals surface area contributed by atoms with Crippen LogP contribution in [0, 0.1) is 19.3 Å². The van der Waals surface area contributed by atoms with Gasteiger partial charge in [-0.2, -0.15) is 0 Å². The molecule has 1 N–H and O–H groups in total. The third kappa shape index (κ3) is 2.62. The van der Waals surface area contributed by atoms with Gasteiger partial charge < -0.3 is 9.84 Å². The second-order valence-corrected chi connectivity index (χ2v) is 5.34. The van der Waals surface area contributed by atoms with Gasteiger partial charge in [0.05, 0.1) is 6.57 Å². The molecule has 1 aromatic heterocycles. The SMILES string of the molecule is [C-]#[N+]c1cc(F)cc(Oc2ncc(C)c3c2CC(F)(F)[C@H]3O)c1. The number of aliphatic hydroxyl groups is 1. The molecule has 0 saturated heterocycles. The lowest BCUT2D eigenvalue weighted by molar-refractivity contribution is -0.0970. The molecule has 1 atom stereocenters. The molecule has 4 nitrogen and oxygen atoms in total. The number of nitrogens with zero attached hydrogens (tertiary/aromatic N) is 2. The van der Waals surface area contributed by atoms with Gasteiger partial charge in [-0.3, -0.25) is 0 Å². The lowest BCUT2D eigenvalue weighted by Gasteiger charge is -2.14. The van der Waals surface area contributed by atoms with Crippen molar-refractivity contribution in [3.63, 3.8) is 0 Å². The predicted octanol–water partition coefficient (Wildman–Crippen LogP) is 4.10. The highest BCUT2D eigenvalue weighted by molar-refractivity contribution is 5.52. The molecule has 0 unspecified atom stereocenters. The van der Waals surface area contributed by atoms with E-state index in [0.29, 0.717) is 5.56 Å². The molecule has 2 aromatic rings. The Morgan fingerprint density at radius 3 is 2.83 bits per heavy atom. The first kappa shape index (κ1) is 15.3. The number of alkyl halides is 2. The zero-order valence-corrected chi connectivity index (χ0v) is 12.0. The van der Waals surface area contributed by atoms with Crippen LogP contribution >= 0.6 is 0 Å². The fraction of sp³-hybridized carbons (Fsp3) is 0.250. The van der Waals surface area contributed by atoms with Gasteiger partial charge in [-0.25, -0.2) is 23.0 Å². The monoisotopic (exact) mass is 320 g/mol. The number of aliphatic hydroxyl groups excluding tert-OH is 1. The maximum Gasteiger partial charge on any atom is 0.281 e. The Bertz CT molecular complexity index is 831. The van der Waals surface area contributed by atoms with E-state index in [9.17, 15) is 18.3 Å². The van der Waals surface area contributed by atoms with Gasteiger partial charge in [-0.05, 0) is 30.2 Å². The van der Waals surface area contributed by atoms with Crippen LogP contribution in [0.5, 0.6) is 11.6 Å². The number of aromatic nitrogens is 1. The van der Waals surface area contributed by atoms with E-state index < -0.39 is 24.3 Å². The van der Waals surface area contributed by atoms with Crippen molar-refractivity contribution in [1.82, 2.24) is 4.98 Å². The van der Waals surface area contributed by atoms with Crippen LogP contribution in [0.2, 0.25) is 0 Å². The van der Waals surface area contributed by atoms with Crippen LogP contribution in [0.4, 0.5) is 18.9 Å². The van der Waals surface area contributed by atoms with Crippen molar-refractivity contribution in [2.45, 2.75) is 25.4 Å². The second kappa shape index (κ2) is 5.25. The Labute approximate surface area is 130 Å². The van der Waals surface area contributed by atoms with E-state index in [0.717, 1.165) is 12.1 Å². The molecule has 0 spiro atoms. The van der Waals surface area contributed by atoms with Crippen molar-refractivity contribution >= 4 is 5.69 Å². The van der Waals surface area contributed by atoms with Crippen molar-refractivity contribution in [3.8, 4) is 11.6 Å². The lowest BCUT2D eigenvalue weighted by Crippen LogP contribution is -2.21. The first-order valence-corrected chi connectivity index (χ1v) is 6.72. The number of hydrogen-bond donors (Lipinski definition) is 1. The summed E-state index contributed by atoms with van der Waals surface area (Å²) in [5.41, 5.74) is 0.630. The average Bonchev–Trinajstić information content (AvgIpc) is 2.73. The minimum absolute atomic E-state index is 0.0146. The zero-order chi connectivity index (χ0) is 16.8. The van der Waals surface area contributed by atoms with Crippen LogP contribution in [0.1, 0.15) is 22.8 Å². The summed E-state index contributed by atoms with van der Waals surface area (Å²) in [6, 6.07) is 3.35. The molecule has 0 saturated carbocycles. The van der Waals surface area contributed by atoms with Crippen LogP contribution in [0.25, 0.3) is 4.85 Å². The molecule has 23 heavy (non-hydrogen) atoms. The summed E-state index contributed by atoms with van der Waals surface area (Å²) < 4.78 is 46.4. The topological polar surface area (TPSA) is 46.7 Å². The zero-order valence-electron chi connectivity index (χ0n) is 12.0. The van der Waals surface area contributed by atoms with Gasteiger partial charge >= 0.3 is 0 Å². The van der Waals surface area contributed by atoms with E-state index >= 15 is 0 Å². The van der Waals surface area contributed by atoms with Gasteiger partial charge in [0.2, 0.25) is 5.88 Å². The van der Waals surface area contributed by atoms with Crippen molar-refractivity contribution in [3.05, 3.63) is 58.3 Å². The first-order chi connectivity index (χ1) is 10.8. The number of pyridine rings is 1. The molecule has 0 amide bonds.